The Morgan fingerprint density at radius 1 is 1.47 bits per heavy atom. The van der Waals surface area contributed by atoms with Gasteiger partial charge < -0.3 is 10.1 Å². The zero-order valence-corrected chi connectivity index (χ0v) is 11.0. The van der Waals surface area contributed by atoms with Crippen molar-refractivity contribution in [3.63, 3.8) is 0 Å². The van der Waals surface area contributed by atoms with Crippen LogP contribution < -0.4 is 5.32 Å². The van der Waals surface area contributed by atoms with Crippen molar-refractivity contribution in [1.82, 2.24) is 0 Å². The van der Waals surface area contributed by atoms with Gasteiger partial charge >= 0.3 is 6.18 Å². The van der Waals surface area contributed by atoms with Gasteiger partial charge in [0.25, 0.3) is 0 Å². The van der Waals surface area contributed by atoms with Crippen molar-refractivity contribution in [3.05, 3.63) is 28.2 Å². The van der Waals surface area contributed by atoms with Crippen LogP contribution >= 0.6 is 15.9 Å². The summed E-state index contributed by atoms with van der Waals surface area (Å²) in [6, 6.07) is 6.40. The average molecular weight is 337 g/mol. The molecule has 0 heterocycles. The fraction of sp³-hybridized carbons (Fsp3) is 0.273. The number of benzene rings is 1. The van der Waals surface area contributed by atoms with E-state index in [1.807, 2.05) is 6.07 Å². The van der Waals surface area contributed by atoms with Gasteiger partial charge in [0.15, 0.2) is 0 Å². The van der Waals surface area contributed by atoms with Crippen molar-refractivity contribution < 1.29 is 22.7 Å². The molecule has 0 aliphatic rings. The number of nitriles is 1. The van der Waals surface area contributed by atoms with Crippen molar-refractivity contribution in [2.75, 3.05) is 18.5 Å². The van der Waals surface area contributed by atoms with Crippen LogP contribution in [0.5, 0.6) is 0 Å². The zero-order chi connectivity index (χ0) is 14.5. The number of alkyl halides is 3. The Balaban J connectivity index is 2.58. The van der Waals surface area contributed by atoms with Gasteiger partial charge in [0.2, 0.25) is 5.91 Å². The predicted molar refractivity (Wildman–Crippen MR) is 64.4 cm³/mol. The maximum absolute atomic E-state index is 11.8. The smallest absolute Gasteiger partial charge is 0.362 e. The van der Waals surface area contributed by atoms with Gasteiger partial charge in [-0.1, -0.05) is 15.9 Å². The number of ether oxygens (including phenoxy) is 1. The third kappa shape index (κ3) is 5.72. The van der Waals surface area contributed by atoms with Gasteiger partial charge in [-0.25, -0.2) is 0 Å². The van der Waals surface area contributed by atoms with Gasteiger partial charge in [-0.2, -0.15) is 18.4 Å². The SMILES string of the molecule is N#Cc1ccc(Br)cc1NC(=O)COCC(F)(F)F. The van der Waals surface area contributed by atoms with Crippen LogP contribution in [0.25, 0.3) is 0 Å². The molecule has 19 heavy (non-hydrogen) atoms. The van der Waals surface area contributed by atoms with Crippen molar-refractivity contribution in [2.24, 2.45) is 0 Å². The van der Waals surface area contributed by atoms with Gasteiger partial charge in [-0.05, 0) is 18.2 Å². The predicted octanol–water partition coefficient (Wildman–Crippen LogP) is 2.84. The quantitative estimate of drug-likeness (QED) is 0.919. The van der Waals surface area contributed by atoms with E-state index in [-0.39, 0.29) is 11.3 Å². The minimum Gasteiger partial charge on any atom is -0.362 e. The van der Waals surface area contributed by atoms with Crippen molar-refractivity contribution in [3.8, 4) is 6.07 Å². The van der Waals surface area contributed by atoms with E-state index in [9.17, 15) is 18.0 Å². The summed E-state index contributed by atoms with van der Waals surface area (Å²) in [5.41, 5.74) is 0.407. The van der Waals surface area contributed by atoms with Crippen LogP contribution in [-0.2, 0) is 9.53 Å². The molecule has 1 amide bonds. The second-order valence-electron chi connectivity index (χ2n) is 3.46. The normalized spacial score (nSPS) is 10.9. The lowest BCUT2D eigenvalue weighted by Gasteiger charge is -2.09. The number of amides is 1. The Labute approximate surface area is 115 Å². The molecular weight excluding hydrogens is 329 g/mol. The third-order valence-electron chi connectivity index (χ3n) is 1.88. The van der Waals surface area contributed by atoms with Crippen molar-refractivity contribution >= 4 is 27.5 Å². The van der Waals surface area contributed by atoms with E-state index in [1.165, 1.54) is 12.1 Å². The highest BCUT2D eigenvalue weighted by atomic mass is 79.9. The Morgan fingerprint density at radius 2 is 2.16 bits per heavy atom. The number of anilines is 1. The van der Waals surface area contributed by atoms with Crippen LogP contribution in [0.1, 0.15) is 5.56 Å². The molecule has 8 heteroatoms. The maximum Gasteiger partial charge on any atom is 0.411 e. The first-order chi connectivity index (χ1) is 8.81. The molecule has 102 valence electrons. The van der Waals surface area contributed by atoms with Gasteiger partial charge in [-0.15, -0.1) is 0 Å². The second-order valence-corrected chi connectivity index (χ2v) is 4.37. The summed E-state index contributed by atoms with van der Waals surface area (Å²) in [6.07, 6.45) is -4.48. The molecule has 0 aliphatic carbocycles. The summed E-state index contributed by atoms with van der Waals surface area (Å²) < 4.78 is 40.2. The van der Waals surface area contributed by atoms with Crippen LogP contribution in [0.4, 0.5) is 18.9 Å². The van der Waals surface area contributed by atoms with E-state index >= 15 is 0 Å². The number of carbonyl (C=O) groups excluding carboxylic acids is 1. The highest BCUT2D eigenvalue weighted by molar-refractivity contribution is 9.10. The minimum absolute atomic E-state index is 0.201. The monoisotopic (exact) mass is 336 g/mol. The summed E-state index contributed by atoms with van der Waals surface area (Å²) in [5.74, 6) is -0.765. The summed E-state index contributed by atoms with van der Waals surface area (Å²) >= 11 is 3.15. The molecule has 1 aromatic rings. The zero-order valence-electron chi connectivity index (χ0n) is 9.42. The lowest BCUT2D eigenvalue weighted by molar-refractivity contribution is -0.174. The molecule has 1 rings (SSSR count). The number of halogens is 4. The van der Waals surface area contributed by atoms with Gasteiger partial charge in [0, 0.05) is 4.47 Å². The average Bonchev–Trinajstić information content (AvgIpc) is 2.27. The number of nitrogens with one attached hydrogen (secondary N) is 1. The Morgan fingerprint density at radius 3 is 2.74 bits per heavy atom. The summed E-state index contributed by atoms with van der Waals surface area (Å²) in [5, 5.41) is 11.1. The molecule has 0 bridgehead atoms. The lowest BCUT2D eigenvalue weighted by Crippen LogP contribution is -2.24. The van der Waals surface area contributed by atoms with Crippen molar-refractivity contribution in [2.45, 2.75) is 6.18 Å². The van der Waals surface area contributed by atoms with E-state index in [2.05, 4.69) is 26.0 Å². The van der Waals surface area contributed by atoms with E-state index in [4.69, 9.17) is 5.26 Å². The van der Waals surface area contributed by atoms with Crippen LogP contribution in [0, 0.1) is 11.3 Å². The molecule has 0 spiro atoms. The largest absolute Gasteiger partial charge is 0.411 e. The lowest BCUT2D eigenvalue weighted by atomic mass is 10.2. The standard InChI is InChI=1S/C11H8BrF3N2O2/c12-8-2-1-7(4-16)9(3-8)17-10(18)5-19-6-11(13,14)15/h1-3H,5-6H2,(H,17,18). The molecule has 0 fully saturated rings. The maximum atomic E-state index is 11.8. The van der Waals surface area contributed by atoms with Crippen LogP contribution in [0.3, 0.4) is 0 Å². The van der Waals surface area contributed by atoms with E-state index in [0.29, 0.717) is 4.47 Å². The molecule has 0 aliphatic heterocycles. The Bertz CT molecular complexity index is 512. The molecule has 1 N–H and O–H groups in total. The molecular formula is C11H8BrF3N2O2. The van der Waals surface area contributed by atoms with Crippen LogP contribution in [0.15, 0.2) is 22.7 Å². The van der Waals surface area contributed by atoms with Crippen LogP contribution in [-0.4, -0.2) is 25.3 Å². The highest BCUT2D eigenvalue weighted by Gasteiger charge is 2.27. The second kappa shape index (κ2) is 6.54. The molecule has 0 radical (unpaired) electrons. The van der Waals surface area contributed by atoms with Gasteiger partial charge in [-0.3, -0.25) is 4.79 Å². The number of hydrogen-bond acceptors (Lipinski definition) is 3. The first kappa shape index (κ1) is 15.5. The highest BCUT2D eigenvalue weighted by Crippen LogP contribution is 2.21. The number of carbonyl (C=O) groups is 1. The van der Waals surface area contributed by atoms with Crippen LogP contribution in [0.2, 0.25) is 0 Å². The third-order valence-corrected chi connectivity index (χ3v) is 2.37. The molecule has 1 aromatic carbocycles. The number of hydrogen-bond donors (Lipinski definition) is 1. The minimum atomic E-state index is -4.48. The van der Waals surface area contributed by atoms with Gasteiger partial charge in [0.05, 0.1) is 11.3 Å². The molecule has 0 saturated carbocycles. The van der Waals surface area contributed by atoms with E-state index in [1.54, 1.807) is 6.07 Å². The van der Waals surface area contributed by atoms with Crippen molar-refractivity contribution in [1.29, 1.82) is 5.26 Å². The summed E-state index contributed by atoms with van der Waals surface area (Å²) in [4.78, 5) is 11.3. The molecule has 0 aromatic heterocycles. The Kier molecular flexibility index (Phi) is 5.32. The first-order valence-electron chi connectivity index (χ1n) is 4.96. The summed E-state index contributed by atoms with van der Waals surface area (Å²) in [6.45, 7) is -2.24. The van der Waals surface area contributed by atoms with E-state index < -0.39 is 25.3 Å². The first-order valence-corrected chi connectivity index (χ1v) is 5.75. The number of nitrogens with zero attached hydrogens (tertiary/aromatic N) is 1. The Hall–Kier alpha value is -1.59. The number of rotatable bonds is 4. The topological polar surface area (TPSA) is 62.1 Å². The van der Waals surface area contributed by atoms with E-state index in [0.717, 1.165) is 0 Å². The molecule has 4 nitrogen and oxygen atoms in total. The fourth-order valence-corrected chi connectivity index (χ4v) is 1.52. The fourth-order valence-electron chi connectivity index (χ4n) is 1.16. The molecule has 0 unspecified atom stereocenters. The molecule has 0 saturated heterocycles. The summed E-state index contributed by atoms with van der Waals surface area (Å²) in [7, 11) is 0. The van der Waals surface area contributed by atoms with Gasteiger partial charge in [0.1, 0.15) is 19.3 Å². The molecule has 0 atom stereocenters.